The summed E-state index contributed by atoms with van der Waals surface area (Å²) in [5, 5.41) is 12.9. The summed E-state index contributed by atoms with van der Waals surface area (Å²) in [5.74, 6) is -1.14. The summed E-state index contributed by atoms with van der Waals surface area (Å²) < 4.78 is 1.09. The maximum atomic E-state index is 10.7. The summed E-state index contributed by atoms with van der Waals surface area (Å²) in [6.45, 7) is 0. The highest BCUT2D eigenvalue weighted by molar-refractivity contribution is 6.35. The first-order valence-electron chi connectivity index (χ1n) is 3.52. The molecule has 0 aliphatic carbocycles. The standard InChI is InChI=1S/C7H3Cl2N3O2/c8-3-1-5(9)11-12-4(7(13)14)2-10-6(3)12/h1-2H,(H,13,14). The molecule has 0 radical (unpaired) electrons. The first kappa shape index (κ1) is 9.23. The van der Waals surface area contributed by atoms with Gasteiger partial charge in [0.2, 0.25) is 0 Å². The Morgan fingerprint density at radius 2 is 2.21 bits per heavy atom. The molecule has 2 aromatic heterocycles. The van der Waals surface area contributed by atoms with Crippen molar-refractivity contribution in [3.63, 3.8) is 0 Å². The van der Waals surface area contributed by atoms with Gasteiger partial charge in [0.05, 0.1) is 11.2 Å². The lowest BCUT2D eigenvalue weighted by Gasteiger charge is -1.97. The van der Waals surface area contributed by atoms with Crippen LogP contribution >= 0.6 is 23.2 Å². The van der Waals surface area contributed by atoms with Crippen LogP contribution in [-0.4, -0.2) is 25.7 Å². The van der Waals surface area contributed by atoms with Crippen LogP contribution < -0.4 is 0 Å². The first-order valence-corrected chi connectivity index (χ1v) is 4.28. The summed E-state index contributed by atoms with van der Waals surface area (Å²) in [5.41, 5.74) is 0.192. The van der Waals surface area contributed by atoms with Crippen LogP contribution in [0.25, 0.3) is 5.65 Å². The van der Waals surface area contributed by atoms with Gasteiger partial charge in [0.15, 0.2) is 16.5 Å². The molecule has 0 aliphatic rings. The fourth-order valence-electron chi connectivity index (χ4n) is 1.05. The summed E-state index contributed by atoms with van der Waals surface area (Å²) in [7, 11) is 0. The molecule has 0 aliphatic heterocycles. The van der Waals surface area contributed by atoms with E-state index in [-0.39, 0.29) is 21.5 Å². The van der Waals surface area contributed by atoms with Crippen molar-refractivity contribution in [2.75, 3.05) is 0 Å². The Hall–Kier alpha value is -1.33. The van der Waals surface area contributed by atoms with Crippen LogP contribution in [0.4, 0.5) is 0 Å². The second-order valence-corrected chi connectivity index (χ2v) is 3.29. The normalized spacial score (nSPS) is 10.7. The topological polar surface area (TPSA) is 67.5 Å². The number of imidazole rings is 1. The number of fused-ring (bicyclic) bond motifs is 1. The molecule has 2 aromatic rings. The van der Waals surface area contributed by atoms with Gasteiger partial charge in [0.1, 0.15) is 0 Å². The molecule has 0 spiro atoms. The number of hydrogen-bond donors (Lipinski definition) is 1. The van der Waals surface area contributed by atoms with E-state index in [1.807, 2.05) is 0 Å². The average molecular weight is 232 g/mol. The molecule has 0 atom stereocenters. The Labute approximate surface area is 87.9 Å². The number of halogens is 2. The van der Waals surface area contributed by atoms with Gasteiger partial charge in [0, 0.05) is 0 Å². The Bertz CT molecular complexity index is 523. The van der Waals surface area contributed by atoms with Crippen LogP contribution in [0.1, 0.15) is 10.5 Å². The highest BCUT2D eigenvalue weighted by Crippen LogP contribution is 2.19. The third-order valence-electron chi connectivity index (χ3n) is 1.61. The van der Waals surface area contributed by atoms with Gasteiger partial charge in [0.25, 0.3) is 0 Å². The minimum Gasteiger partial charge on any atom is -0.476 e. The van der Waals surface area contributed by atoms with E-state index in [0.29, 0.717) is 0 Å². The highest BCUT2D eigenvalue weighted by atomic mass is 35.5. The SMILES string of the molecule is O=C(O)c1cnc2c(Cl)cc(Cl)nn12. The van der Waals surface area contributed by atoms with Crippen molar-refractivity contribution < 1.29 is 9.90 Å². The third-order valence-corrected chi connectivity index (χ3v) is 2.07. The zero-order valence-corrected chi connectivity index (χ0v) is 8.12. The van der Waals surface area contributed by atoms with Gasteiger partial charge < -0.3 is 5.11 Å². The van der Waals surface area contributed by atoms with E-state index >= 15 is 0 Å². The summed E-state index contributed by atoms with van der Waals surface area (Å²) >= 11 is 11.4. The molecule has 2 rings (SSSR count). The predicted molar refractivity (Wildman–Crippen MR) is 50.0 cm³/mol. The van der Waals surface area contributed by atoms with E-state index in [2.05, 4.69) is 10.1 Å². The molecule has 72 valence electrons. The van der Waals surface area contributed by atoms with Crippen LogP contribution in [0, 0.1) is 0 Å². The van der Waals surface area contributed by atoms with Gasteiger partial charge in [-0.15, -0.1) is 0 Å². The van der Waals surface area contributed by atoms with Gasteiger partial charge >= 0.3 is 5.97 Å². The number of aromatic carboxylic acids is 1. The van der Waals surface area contributed by atoms with E-state index in [9.17, 15) is 4.79 Å². The number of nitrogens with zero attached hydrogens (tertiary/aromatic N) is 3. The van der Waals surface area contributed by atoms with Gasteiger partial charge in [-0.1, -0.05) is 23.2 Å². The fraction of sp³-hybridized carbons (Fsp3) is 0. The van der Waals surface area contributed by atoms with Crippen molar-refractivity contribution in [3.05, 3.63) is 28.1 Å². The smallest absolute Gasteiger partial charge is 0.356 e. The number of hydrogen-bond acceptors (Lipinski definition) is 3. The van der Waals surface area contributed by atoms with Gasteiger partial charge in [-0.05, 0) is 6.07 Å². The Morgan fingerprint density at radius 1 is 1.50 bits per heavy atom. The predicted octanol–water partition coefficient (Wildman–Crippen LogP) is 1.73. The second-order valence-electron chi connectivity index (χ2n) is 2.50. The lowest BCUT2D eigenvalue weighted by atomic mass is 10.5. The molecule has 7 heteroatoms. The van der Waals surface area contributed by atoms with E-state index < -0.39 is 5.97 Å². The van der Waals surface area contributed by atoms with Crippen molar-refractivity contribution in [1.82, 2.24) is 14.6 Å². The molecule has 2 heterocycles. The Kier molecular flexibility index (Phi) is 2.05. The minimum atomic E-state index is -1.14. The van der Waals surface area contributed by atoms with Crippen molar-refractivity contribution in [2.45, 2.75) is 0 Å². The molecule has 0 unspecified atom stereocenters. The molecular weight excluding hydrogens is 229 g/mol. The van der Waals surface area contributed by atoms with Crippen molar-refractivity contribution in [3.8, 4) is 0 Å². The lowest BCUT2D eigenvalue weighted by Crippen LogP contribution is -2.04. The molecule has 0 aromatic carbocycles. The van der Waals surface area contributed by atoms with Crippen LogP contribution in [0.3, 0.4) is 0 Å². The molecule has 0 saturated carbocycles. The van der Waals surface area contributed by atoms with E-state index in [0.717, 1.165) is 4.52 Å². The summed E-state index contributed by atoms with van der Waals surface area (Å²) in [6, 6.07) is 1.40. The van der Waals surface area contributed by atoms with Gasteiger partial charge in [-0.25, -0.2) is 14.3 Å². The van der Waals surface area contributed by atoms with Crippen LogP contribution in [0.2, 0.25) is 10.2 Å². The molecule has 5 nitrogen and oxygen atoms in total. The quantitative estimate of drug-likeness (QED) is 0.812. The molecular formula is C7H3Cl2N3O2. The van der Waals surface area contributed by atoms with Crippen LogP contribution in [-0.2, 0) is 0 Å². The largest absolute Gasteiger partial charge is 0.476 e. The zero-order valence-electron chi connectivity index (χ0n) is 6.61. The van der Waals surface area contributed by atoms with Crippen LogP contribution in [0.5, 0.6) is 0 Å². The molecule has 0 amide bonds. The monoisotopic (exact) mass is 231 g/mol. The molecule has 0 saturated heterocycles. The number of carboxylic acids is 1. The molecule has 0 bridgehead atoms. The minimum absolute atomic E-state index is 0.0793. The fourth-order valence-corrected chi connectivity index (χ4v) is 1.52. The maximum Gasteiger partial charge on any atom is 0.356 e. The molecule has 14 heavy (non-hydrogen) atoms. The number of carbonyl (C=O) groups is 1. The van der Waals surface area contributed by atoms with Gasteiger partial charge in [-0.3, -0.25) is 0 Å². The second kappa shape index (κ2) is 3.11. The van der Waals surface area contributed by atoms with Crippen molar-refractivity contribution in [1.29, 1.82) is 0 Å². The molecule has 0 fully saturated rings. The summed E-state index contributed by atoms with van der Waals surface area (Å²) in [4.78, 5) is 14.5. The Morgan fingerprint density at radius 3 is 2.86 bits per heavy atom. The summed E-state index contributed by atoms with van der Waals surface area (Å²) in [6.07, 6.45) is 1.17. The zero-order chi connectivity index (χ0) is 10.3. The third kappa shape index (κ3) is 1.30. The average Bonchev–Trinajstić information content (AvgIpc) is 2.47. The van der Waals surface area contributed by atoms with Gasteiger partial charge in [-0.2, -0.15) is 5.10 Å². The number of aromatic nitrogens is 3. The number of rotatable bonds is 1. The van der Waals surface area contributed by atoms with E-state index in [1.165, 1.54) is 12.3 Å². The first-order chi connectivity index (χ1) is 6.59. The van der Waals surface area contributed by atoms with Crippen molar-refractivity contribution >= 4 is 34.8 Å². The van der Waals surface area contributed by atoms with Crippen molar-refractivity contribution in [2.24, 2.45) is 0 Å². The highest BCUT2D eigenvalue weighted by Gasteiger charge is 2.14. The number of carboxylic acid groups (broad SMARTS) is 1. The maximum absolute atomic E-state index is 10.7. The lowest BCUT2D eigenvalue weighted by molar-refractivity contribution is 0.0688. The van der Waals surface area contributed by atoms with E-state index in [4.69, 9.17) is 28.3 Å². The molecule has 1 N–H and O–H groups in total. The Balaban J connectivity index is 2.85. The van der Waals surface area contributed by atoms with E-state index in [1.54, 1.807) is 0 Å². The van der Waals surface area contributed by atoms with Crippen LogP contribution in [0.15, 0.2) is 12.3 Å².